The Bertz CT molecular complexity index is 1390. The van der Waals surface area contributed by atoms with E-state index in [-0.39, 0.29) is 11.1 Å². The number of carbonyl (C=O) groups is 4. The molecule has 36 heavy (non-hydrogen) atoms. The van der Waals surface area contributed by atoms with Crippen molar-refractivity contribution >= 4 is 29.1 Å². The summed E-state index contributed by atoms with van der Waals surface area (Å²) in [6.45, 7) is 4.27. The summed E-state index contributed by atoms with van der Waals surface area (Å²) in [4.78, 5) is 56.4. The Morgan fingerprint density at radius 2 is 1.44 bits per heavy atom. The van der Waals surface area contributed by atoms with Crippen LogP contribution in [0.3, 0.4) is 0 Å². The number of anilines is 1. The highest BCUT2D eigenvalue weighted by molar-refractivity contribution is 6.37. The van der Waals surface area contributed by atoms with E-state index in [2.05, 4.69) is 0 Å². The lowest BCUT2D eigenvalue weighted by molar-refractivity contribution is -0.127. The van der Waals surface area contributed by atoms with Crippen LogP contribution in [0.1, 0.15) is 44.9 Å². The Kier molecular flexibility index (Phi) is 4.95. The van der Waals surface area contributed by atoms with Gasteiger partial charge in [-0.2, -0.15) is 0 Å². The van der Waals surface area contributed by atoms with E-state index in [9.17, 15) is 19.2 Å². The van der Waals surface area contributed by atoms with E-state index in [0.717, 1.165) is 10.5 Å². The Labute approximate surface area is 207 Å². The van der Waals surface area contributed by atoms with Gasteiger partial charge in [-0.05, 0) is 43.7 Å². The molecule has 7 nitrogen and oxygen atoms in total. The van der Waals surface area contributed by atoms with Crippen molar-refractivity contribution in [2.75, 3.05) is 11.5 Å². The Balaban J connectivity index is 1.50. The molecule has 0 unspecified atom stereocenters. The lowest BCUT2D eigenvalue weighted by atomic mass is 9.77. The third-order valence-corrected chi connectivity index (χ3v) is 7.33. The zero-order valence-corrected chi connectivity index (χ0v) is 19.8. The topological polar surface area (TPSA) is 90.0 Å². The van der Waals surface area contributed by atoms with Gasteiger partial charge in [-0.25, -0.2) is 4.90 Å². The average molecular weight is 482 g/mol. The predicted octanol–water partition coefficient (Wildman–Crippen LogP) is 4.09. The van der Waals surface area contributed by atoms with Crippen LogP contribution >= 0.6 is 0 Å². The smallest absolute Gasteiger partial charge is 0.241 e. The van der Waals surface area contributed by atoms with Crippen LogP contribution in [0.4, 0.5) is 5.69 Å². The summed E-state index contributed by atoms with van der Waals surface area (Å²) in [6.07, 6.45) is -0.959. The van der Waals surface area contributed by atoms with Gasteiger partial charge < -0.3 is 9.47 Å². The molecule has 7 heteroatoms. The van der Waals surface area contributed by atoms with Crippen molar-refractivity contribution in [2.24, 2.45) is 11.8 Å². The molecule has 1 aliphatic carbocycles. The number of benzene rings is 3. The molecule has 2 amide bonds. The van der Waals surface area contributed by atoms with Crippen LogP contribution < -0.4 is 9.64 Å². The lowest BCUT2D eigenvalue weighted by Gasteiger charge is -2.27. The van der Waals surface area contributed by atoms with Crippen LogP contribution in [0, 0.1) is 18.8 Å². The summed E-state index contributed by atoms with van der Waals surface area (Å²) in [5.74, 6) is -3.88. The van der Waals surface area contributed by atoms with Crippen LogP contribution in [-0.2, 0) is 14.3 Å². The molecule has 3 aromatic carbocycles. The van der Waals surface area contributed by atoms with Crippen molar-refractivity contribution in [3.05, 3.63) is 95.1 Å². The monoisotopic (exact) mass is 481 g/mol. The number of carbonyl (C=O) groups excluding carboxylic acids is 4. The number of imide groups is 1. The van der Waals surface area contributed by atoms with E-state index >= 15 is 0 Å². The first-order valence-electron chi connectivity index (χ1n) is 11.9. The lowest BCUT2D eigenvalue weighted by Crippen LogP contribution is -2.51. The predicted molar refractivity (Wildman–Crippen MR) is 130 cm³/mol. The summed E-state index contributed by atoms with van der Waals surface area (Å²) in [5.41, 5.74) is 0.311. The molecule has 0 N–H and O–H groups in total. The summed E-state index contributed by atoms with van der Waals surface area (Å²) >= 11 is 0. The maximum Gasteiger partial charge on any atom is 0.241 e. The van der Waals surface area contributed by atoms with Crippen molar-refractivity contribution in [1.82, 2.24) is 0 Å². The standard InChI is InChI=1S/C29H23NO6/c1-3-35-19-14-10-17(11-15-19)24-22-23(28(34)30(27(22)33)18-12-8-16(2)9-13-18)29(36-24)25(31)20-6-4-5-7-21(20)26(29)32/h4-15,22-24H,3H2,1-2H3/t22-,23+,24+/m1/s1. The Morgan fingerprint density at radius 3 is 2.03 bits per heavy atom. The van der Waals surface area contributed by atoms with Crippen LogP contribution in [0.15, 0.2) is 72.8 Å². The molecule has 1 spiro atoms. The first-order chi connectivity index (χ1) is 17.4. The molecular weight excluding hydrogens is 458 g/mol. The molecule has 0 saturated carbocycles. The molecule has 6 rings (SSSR count). The molecule has 2 saturated heterocycles. The number of rotatable bonds is 4. The third-order valence-electron chi connectivity index (χ3n) is 7.33. The molecular formula is C29H23NO6. The van der Waals surface area contributed by atoms with Crippen molar-refractivity contribution in [1.29, 1.82) is 0 Å². The van der Waals surface area contributed by atoms with Gasteiger partial charge in [0.15, 0.2) is 0 Å². The van der Waals surface area contributed by atoms with Gasteiger partial charge >= 0.3 is 0 Å². The first kappa shape index (κ1) is 22.4. The normalized spacial score (nSPS) is 23.9. The van der Waals surface area contributed by atoms with Crippen molar-refractivity contribution in [2.45, 2.75) is 25.6 Å². The van der Waals surface area contributed by atoms with E-state index in [1.807, 2.05) is 26.0 Å². The first-order valence-corrected chi connectivity index (χ1v) is 11.9. The Hall–Kier alpha value is -4.10. The van der Waals surface area contributed by atoms with E-state index in [1.165, 1.54) is 0 Å². The molecule has 3 aliphatic rings. The van der Waals surface area contributed by atoms with Crippen LogP contribution in [-0.4, -0.2) is 35.6 Å². The fourth-order valence-corrected chi connectivity index (χ4v) is 5.69. The number of amides is 2. The van der Waals surface area contributed by atoms with Gasteiger partial charge in [-0.3, -0.25) is 19.2 Å². The number of Topliss-reactive ketones (excluding diaryl/α,β-unsaturated/α-hetero) is 2. The van der Waals surface area contributed by atoms with Crippen LogP contribution in [0.25, 0.3) is 0 Å². The van der Waals surface area contributed by atoms with Crippen molar-refractivity contribution in [3.8, 4) is 5.75 Å². The SMILES string of the molecule is CCOc1ccc([C@@H]2OC3(C(=O)c4ccccc4C3=O)[C@@H]3C(=O)N(c4ccc(C)cc4)C(=O)[C@H]32)cc1. The minimum atomic E-state index is -2.08. The quantitative estimate of drug-likeness (QED) is 0.412. The minimum Gasteiger partial charge on any atom is -0.494 e. The van der Waals surface area contributed by atoms with Gasteiger partial charge in [-0.15, -0.1) is 0 Å². The summed E-state index contributed by atoms with van der Waals surface area (Å²) < 4.78 is 11.8. The summed E-state index contributed by atoms with van der Waals surface area (Å²) in [6, 6.07) is 20.4. The molecule has 0 aromatic heterocycles. The second kappa shape index (κ2) is 7.96. The average Bonchev–Trinajstić information content (AvgIpc) is 3.45. The minimum absolute atomic E-state index is 0.211. The summed E-state index contributed by atoms with van der Waals surface area (Å²) in [7, 11) is 0. The zero-order valence-electron chi connectivity index (χ0n) is 19.8. The van der Waals surface area contributed by atoms with Crippen LogP contribution in [0.2, 0.25) is 0 Å². The highest BCUT2D eigenvalue weighted by Crippen LogP contribution is 2.57. The second-order valence-electron chi connectivity index (χ2n) is 9.33. The molecule has 3 atom stereocenters. The second-order valence-corrected chi connectivity index (χ2v) is 9.33. The fourth-order valence-electron chi connectivity index (χ4n) is 5.69. The van der Waals surface area contributed by atoms with Gasteiger partial charge in [0.1, 0.15) is 5.75 Å². The number of fused-ring (bicyclic) bond motifs is 3. The van der Waals surface area contributed by atoms with E-state index < -0.39 is 46.9 Å². The zero-order chi connectivity index (χ0) is 25.2. The molecule has 2 aliphatic heterocycles. The molecule has 2 heterocycles. The van der Waals surface area contributed by atoms with E-state index in [4.69, 9.17) is 9.47 Å². The maximum absolute atomic E-state index is 13.9. The van der Waals surface area contributed by atoms with Crippen LogP contribution in [0.5, 0.6) is 5.75 Å². The highest BCUT2D eigenvalue weighted by Gasteiger charge is 2.74. The number of ether oxygens (including phenoxy) is 2. The number of ketones is 2. The Morgan fingerprint density at radius 1 is 0.833 bits per heavy atom. The number of nitrogens with zero attached hydrogens (tertiary/aromatic N) is 1. The number of hydrogen-bond acceptors (Lipinski definition) is 6. The maximum atomic E-state index is 13.9. The molecule has 0 radical (unpaired) electrons. The van der Waals surface area contributed by atoms with Gasteiger partial charge in [0.25, 0.3) is 0 Å². The third kappa shape index (κ3) is 2.89. The number of hydrogen-bond donors (Lipinski definition) is 0. The van der Waals surface area contributed by atoms with Crippen molar-refractivity contribution < 1.29 is 28.7 Å². The van der Waals surface area contributed by atoms with E-state index in [0.29, 0.717) is 23.6 Å². The highest BCUT2D eigenvalue weighted by atomic mass is 16.5. The van der Waals surface area contributed by atoms with Gasteiger partial charge in [0.2, 0.25) is 29.0 Å². The van der Waals surface area contributed by atoms with E-state index in [1.54, 1.807) is 60.7 Å². The molecule has 0 bridgehead atoms. The molecule has 3 aromatic rings. The van der Waals surface area contributed by atoms with Gasteiger partial charge in [0, 0.05) is 11.1 Å². The summed E-state index contributed by atoms with van der Waals surface area (Å²) in [5, 5.41) is 0. The molecule has 180 valence electrons. The largest absolute Gasteiger partial charge is 0.494 e. The van der Waals surface area contributed by atoms with Gasteiger partial charge in [0.05, 0.1) is 30.2 Å². The number of aryl methyl sites for hydroxylation is 1. The van der Waals surface area contributed by atoms with Gasteiger partial charge in [-0.1, -0.05) is 54.1 Å². The molecule has 2 fully saturated rings. The fraction of sp³-hybridized carbons (Fsp3) is 0.241. The van der Waals surface area contributed by atoms with Crippen molar-refractivity contribution in [3.63, 3.8) is 0 Å².